The van der Waals surface area contributed by atoms with E-state index in [2.05, 4.69) is 11.0 Å². The zero-order valence-electron chi connectivity index (χ0n) is 8.18. The molecule has 0 spiro atoms. The van der Waals surface area contributed by atoms with Crippen LogP contribution in [0.5, 0.6) is 0 Å². The van der Waals surface area contributed by atoms with E-state index in [9.17, 15) is 0 Å². The second kappa shape index (κ2) is 5.20. The van der Waals surface area contributed by atoms with Crippen LogP contribution in [0.15, 0.2) is 11.8 Å². The molecule has 0 N–H and O–H groups in total. The standard InChI is InChI=1S/C10H19NO/c1-10(12-2)6-9-11-7-4-3-5-8-11/h6H,3-5,7-9H2,1-2H3/b10-6-. The minimum Gasteiger partial charge on any atom is -0.502 e. The summed E-state index contributed by atoms with van der Waals surface area (Å²) in [5, 5.41) is 0. The van der Waals surface area contributed by atoms with Gasteiger partial charge in [0.15, 0.2) is 0 Å². The van der Waals surface area contributed by atoms with Crippen molar-refractivity contribution in [3.8, 4) is 0 Å². The predicted molar refractivity (Wildman–Crippen MR) is 51.1 cm³/mol. The van der Waals surface area contributed by atoms with Gasteiger partial charge in [0.25, 0.3) is 0 Å². The quantitative estimate of drug-likeness (QED) is 0.599. The fourth-order valence-corrected chi connectivity index (χ4v) is 1.48. The molecule has 1 aliphatic rings. The van der Waals surface area contributed by atoms with Crippen molar-refractivity contribution in [1.29, 1.82) is 0 Å². The van der Waals surface area contributed by atoms with Gasteiger partial charge in [-0.15, -0.1) is 0 Å². The molecular weight excluding hydrogens is 150 g/mol. The molecule has 0 aromatic heterocycles. The maximum absolute atomic E-state index is 5.08. The normalized spacial score (nSPS) is 21.0. The molecule has 0 unspecified atom stereocenters. The number of rotatable bonds is 3. The van der Waals surface area contributed by atoms with Gasteiger partial charge in [-0.05, 0) is 38.9 Å². The predicted octanol–water partition coefficient (Wildman–Crippen LogP) is 2.02. The molecule has 0 bridgehead atoms. The Hall–Kier alpha value is -0.500. The van der Waals surface area contributed by atoms with Crippen LogP contribution < -0.4 is 0 Å². The molecule has 1 rings (SSSR count). The van der Waals surface area contributed by atoms with Gasteiger partial charge in [0.2, 0.25) is 0 Å². The Bertz CT molecular complexity index is 148. The molecule has 0 amide bonds. The number of allylic oxidation sites excluding steroid dienone is 1. The van der Waals surface area contributed by atoms with Crippen molar-refractivity contribution in [2.45, 2.75) is 26.2 Å². The molecule has 1 aliphatic heterocycles. The number of methoxy groups -OCH3 is 1. The second-order valence-electron chi connectivity index (χ2n) is 3.38. The van der Waals surface area contributed by atoms with Crippen molar-refractivity contribution in [3.63, 3.8) is 0 Å². The maximum Gasteiger partial charge on any atom is 0.0897 e. The molecule has 1 saturated heterocycles. The van der Waals surface area contributed by atoms with Crippen LogP contribution in [0.2, 0.25) is 0 Å². The summed E-state index contributed by atoms with van der Waals surface area (Å²) < 4.78 is 5.08. The Labute approximate surface area is 75.2 Å². The van der Waals surface area contributed by atoms with Gasteiger partial charge in [-0.3, -0.25) is 4.90 Å². The SMILES string of the molecule is CO/C(C)=C\CN1CCCCC1. The van der Waals surface area contributed by atoms with Crippen LogP contribution in [0.25, 0.3) is 0 Å². The number of ether oxygens (including phenoxy) is 1. The first-order chi connectivity index (χ1) is 5.83. The van der Waals surface area contributed by atoms with Crippen LogP contribution in [-0.2, 0) is 4.74 Å². The first-order valence-corrected chi connectivity index (χ1v) is 4.76. The van der Waals surface area contributed by atoms with Gasteiger partial charge in [-0.2, -0.15) is 0 Å². The van der Waals surface area contributed by atoms with Gasteiger partial charge in [0.1, 0.15) is 0 Å². The molecule has 12 heavy (non-hydrogen) atoms. The first-order valence-electron chi connectivity index (χ1n) is 4.76. The summed E-state index contributed by atoms with van der Waals surface area (Å²) in [5.74, 6) is 1.03. The van der Waals surface area contributed by atoms with Crippen molar-refractivity contribution >= 4 is 0 Å². The highest BCUT2D eigenvalue weighted by Gasteiger charge is 2.07. The minimum absolute atomic E-state index is 1.03. The van der Waals surface area contributed by atoms with E-state index in [0.29, 0.717) is 0 Å². The van der Waals surface area contributed by atoms with Crippen LogP contribution in [0.4, 0.5) is 0 Å². The van der Waals surface area contributed by atoms with Crippen LogP contribution in [-0.4, -0.2) is 31.6 Å². The Balaban J connectivity index is 2.21. The summed E-state index contributed by atoms with van der Waals surface area (Å²) in [6, 6.07) is 0. The summed E-state index contributed by atoms with van der Waals surface area (Å²) in [7, 11) is 1.72. The van der Waals surface area contributed by atoms with E-state index in [1.54, 1.807) is 7.11 Å². The molecule has 0 aromatic carbocycles. The lowest BCUT2D eigenvalue weighted by Gasteiger charge is -2.24. The molecule has 0 radical (unpaired) electrons. The molecule has 1 fully saturated rings. The van der Waals surface area contributed by atoms with E-state index in [-0.39, 0.29) is 0 Å². The monoisotopic (exact) mass is 169 g/mol. The largest absolute Gasteiger partial charge is 0.502 e. The van der Waals surface area contributed by atoms with E-state index in [1.807, 2.05) is 6.92 Å². The summed E-state index contributed by atoms with van der Waals surface area (Å²) in [5.41, 5.74) is 0. The number of likely N-dealkylation sites (tertiary alicyclic amines) is 1. The number of piperidine rings is 1. The van der Waals surface area contributed by atoms with Crippen molar-refractivity contribution < 1.29 is 4.74 Å². The fraction of sp³-hybridized carbons (Fsp3) is 0.800. The molecular formula is C10H19NO. The van der Waals surface area contributed by atoms with E-state index in [0.717, 1.165) is 12.3 Å². The van der Waals surface area contributed by atoms with Crippen LogP contribution in [0.1, 0.15) is 26.2 Å². The first kappa shape index (κ1) is 9.59. The molecule has 0 atom stereocenters. The molecule has 0 saturated carbocycles. The van der Waals surface area contributed by atoms with Gasteiger partial charge in [-0.1, -0.05) is 6.42 Å². The van der Waals surface area contributed by atoms with Crippen molar-refractivity contribution in [1.82, 2.24) is 4.90 Å². The van der Waals surface area contributed by atoms with Crippen LogP contribution in [0, 0.1) is 0 Å². The summed E-state index contributed by atoms with van der Waals surface area (Å²) in [6.45, 7) is 5.57. The number of hydrogen-bond acceptors (Lipinski definition) is 2. The van der Waals surface area contributed by atoms with Gasteiger partial charge in [0, 0.05) is 6.54 Å². The third-order valence-electron chi connectivity index (χ3n) is 2.41. The van der Waals surface area contributed by atoms with Gasteiger partial charge in [-0.25, -0.2) is 0 Å². The van der Waals surface area contributed by atoms with E-state index in [1.165, 1.54) is 32.4 Å². The van der Waals surface area contributed by atoms with E-state index >= 15 is 0 Å². The smallest absolute Gasteiger partial charge is 0.0897 e. The fourth-order valence-electron chi connectivity index (χ4n) is 1.48. The lowest BCUT2D eigenvalue weighted by atomic mass is 10.1. The highest BCUT2D eigenvalue weighted by molar-refractivity contribution is 4.90. The highest BCUT2D eigenvalue weighted by atomic mass is 16.5. The molecule has 2 heteroatoms. The lowest BCUT2D eigenvalue weighted by Crippen LogP contribution is -2.29. The van der Waals surface area contributed by atoms with E-state index in [4.69, 9.17) is 4.74 Å². The van der Waals surface area contributed by atoms with Crippen LogP contribution in [0.3, 0.4) is 0 Å². The Morgan fingerprint density at radius 2 is 2.00 bits per heavy atom. The number of nitrogens with zero attached hydrogens (tertiary/aromatic N) is 1. The zero-order chi connectivity index (χ0) is 8.81. The molecule has 0 aliphatic carbocycles. The average Bonchev–Trinajstić information content (AvgIpc) is 2.16. The summed E-state index contributed by atoms with van der Waals surface area (Å²) >= 11 is 0. The second-order valence-corrected chi connectivity index (χ2v) is 3.38. The average molecular weight is 169 g/mol. The minimum atomic E-state index is 1.03. The molecule has 2 nitrogen and oxygen atoms in total. The molecule has 70 valence electrons. The molecule has 1 heterocycles. The Kier molecular flexibility index (Phi) is 4.15. The zero-order valence-corrected chi connectivity index (χ0v) is 8.18. The summed E-state index contributed by atoms with van der Waals surface area (Å²) in [4.78, 5) is 2.48. The molecule has 0 aromatic rings. The Morgan fingerprint density at radius 3 is 2.58 bits per heavy atom. The van der Waals surface area contributed by atoms with Crippen molar-refractivity contribution in [2.75, 3.05) is 26.7 Å². The van der Waals surface area contributed by atoms with Gasteiger partial charge in [0.05, 0.1) is 12.9 Å². The van der Waals surface area contributed by atoms with Crippen molar-refractivity contribution in [2.24, 2.45) is 0 Å². The van der Waals surface area contributed by atoms with Gasteiger partial charge < -0.3 is 4.74 Å². The Morgan fingerprint density at radius 1 is 1.33 bits per heavy atom. The van der Waals surface area contributed by atoms with Crippen LogP contribution >= 0.6 is 0 Å². The van der Waals surface area contributed by atoms with Gasteiger partial charge >= 0.3 is 0 Å². The van der Waals surface area contributed by atoms with Crippen molar-refractivity contribution in [3.05, 3.63) is 11.8 Å². The topological polar surface area (TPSA) is 12.5 Å². The maximum atomic E-state index is 5.08. The highest BCUT2D eigenvalue weighted by Crippen LogP contribution is 2.08. The third kappa shape index (κ3) is 3.26. The van der Waals surface area contributed by atoms with E-state index < -0.39 is 0 Å². The number of hydrogen-bond donors (Lipinski definition) is 0. The lowest BCUT2D eigenvalue weighted by molar-refractivity contribution is 0.243. The summed E-state index contributed by atoms with van der Waals surface area (Å²) in [6.07, 6.45) is 6.29. The third-order valence-corrected chi connectivity index (χ3v) is 2.41.